The smallest absolute Gasteiger partial charge is 0.343 e. The van der Waals surface area contributed by atoms with Gasteiger partial charge >= 0.3 is 6.18 Å². The number of alkyl halides is 3. The number of halogens is 5. The molecular weight excluding hydrogens is 1220 g/mol. The third-order valence-electron chi connectivity index (χ3n) is 18.3. The first-order chi connectivity index (χ1) is 43.0. The molecule has 3 aliphatic rings. The largest absolute Gasteiger partial charge is 0.417 e. The minimum Gasteiger partial charge on any atom is -0.343 e. The molecule has 3 fully saturated rings. The minimum absolute atomic E-state index is 0.0132. The summed E-state index contributed by atoms with van der Waals surface area (Å²) in [6.07, 6.45) is -3.36. The Morgan fingerprint density at radius 3 is 1.87 bits per heavy atom. The van der Waals surface area contributed by atoms with Crippen molar-refractivity contribution in [1.82, 2.24) is 55.1 Å². The molecule has 92 heavy (non-hydrogen) atoms. The van der Waals surface area contributed by atoms with E-state index in [1.54, 1.807) is 27.7 Å². The molecule has 2 heterocycles. The van der Waals surface area contributed by atoms with E-state index < -0.39 is 173 Å². The molecule has 0 radical (unpaired) electrons. The van der Waals surface area contributed by atoms with Gasteiger partial charge in [0.1, 0.15) is 47.6 Å². The van der Waals surface area contributed by atoms with Crippen LogP contribution in [0.3, 0.4) is 0 Å². The van der Waals surface area contributed by atoms with Crippen molar-refractivity contribution < 1.29 is 70.3 Å². The van der Waals surface area contributed by atoms with Crippen LogP contribution in [0.5, 0.6) is 0 Å². The molecule has 8 atom stereocenters. The molecule has 2 aromatic carbocycles. The van der Waals surface area contributed by atoms with Gasteiger partial charge < -0.3 is 55.1 Å². The fourth-order valence-electron chi connectivity index (χ4n) is 12.3. The zero-order valence-electron chi connectivity index (χ0n) is 55.6. The number of likely N-dealkylation sites (N-methyl/N-ethyl adjacent to an activating group) is 7. The lowest BCUT2D eigenvalue weighted by Crippen LogP contribution is -2.64. The second kappa shape index (κ2) is 32.5. The third-order valence-corrected chi connectivity index (χ3v) is 18.6. The lowest BCUT2D eigenvalue weighted by molar-refractivity contribution is -0.152. The Morgan fingerprint density at radius 2 is 1.28 bits per heavy atom. The summed E-state index contributed by atoms with van der Waals surface area (Å²) in [5, 5.41) is 7.91. The maximum Gasteiger partial charge on any atom is 0.417 e. The summed E-state index contributed by atoms with van der Waals surface area (Å²) in [6, 6.07) is 0.227. The Morgan fingerprint density at radius 1 is 0.674 bits per heavy atom. The van der Waals surface area contributed by atoms with E-state index in [0.717, 1.165) is 37.8 Å². The van der Waals surface area contributed by atoms with Crippen molar-refractivity contribution in [2.24, 2.45) is 17.8 Å². The van der Waals surface area contributed by atoms with Crippen LogP contribution in [0.2, 0.25) is 5.02 Å². The number of nitrogens with one attached hydrogen (secondary N) is 3. The molecule has 22 nitrogen and oxygen atoms in total. The van der Waals surface area contributed by atoms with Crippen molar-refractivity contribution >= 4 is 76.6 Å². The highest BCUT2D eigenvalue weighted by Crippen LogP contribution is 2.36. The molecule has 11 amide bonds. The van der Waals surface area contributed by atoms with E-state index in [0.29, 0.717) is 25.7 Å². The third kappa shape index (κ3) is 18.7. The zero-order chi connectivity index (χ0) is 69.0. The second-order valence-electron chi connectivity index (χ2n) is 26.0. The monoisotopic (exact) mass is 1320 g/mol. The molecule has 1 saturated carbocycles. The SMILES string of the molecule is CC[C@H](C)[C@@H]1NC(=O)[C@H](CC(C)C)N(C)C(=O)C[C@@H](C)N(C)C(=O)[C@H](C(C)C)N(C)C(=O)C2(CCCC2)NC(=O)[C@@H]2CCCN2C(=O)[C@H](CCc2ccc(C(F)(F)F)c(Cl)c2)NC(=O)CN(C)C(=O)[C@H](Cc2ccccc2F)N(C)C(=O)CN(C)C(=O)CN(C)C1=O. The highest BCUT2D eigenvalue weighted by atomic mass is 35.5. The average Bonchev–Trinajstić information content (AvgIpc) is 1.59. The topological polar surface area (TPSA) is 250 Å². The van der Waals surface area contributed by atoms with Crippen LogP contribution < -0.4 is 16.0 Å². The fraction of sp³-hybridized carbons (Fsp3) is 0.646. The van der Waals surface area contributed by atoms with Gasteiger partial charge in [0.25, 0.3) is 0 Å². The number of fused-ring (bicyclic) bond motifs is 1. The van der Waals surface area contributed by atoms with Crippen LogP contribution in [-0.2, 0) is 71.8 Å². The summed E-state index contributed by atoms with van der Waals surface area (Å²) in [4.78, 5) is 169. The zero-order valence-corrected chi connectivity index (χ0v) is 56.3. The van der Waals surface area contributed by atoms with E-state index in [2.05, 4.69) is 16.0 Å². The molecule has 1 aliphatic carbocycles. The van der Waals surface area contributed by atoms with E-state index in [4.69, 9.17) is 11.6 Å². The summed E-state index contributed by atoms with van der Waals surface area (Å²) in [6.45, 7) is 10.5. The van der Waals surface area contributed by atoms with E-state index in [1.165, 1.54) is 93.2 Å². The van der Waals surface area contributed by atoms with Gasteiger partial charge in [0, 0.05) is 74.8 Å². The highest BCUT2D eigenvalue weighted by Gasteiger charge is 2.50. The van der Waals surface area contributed by atoms with Crippen LogP contribution >= 0.6 is 11.6 Å². The van der Waals surface area contributed by atoms with Gasteiger partial charge in [0.15, 0.2) is 0 Å². The first-order valence-electron chi connectivity index (χ1n) is 31.6. The molecule has 1 spiro atoms. The minimum atomic E-state index is -4.77. The molecule has 0 bridgehead atoms. The number of nitrogens with zero attached hydrogens (tertiary/aromatic N) is 8. The van der Waals surface area contributed by atoms with E-state index in [1.807, 2.05) is 20.8 Å². The van der Waals surface area contributed by atoms with Crippen LogP contribution in [-0.4, -0.2) is 228 Å². The molecule has 2 aromatic rings. The summed E-state index contributed by atoms with van der Waals surface area (Å²) in [5.74, 6) is -9.42. The lowest BCUT2D eigenvalue weighted by atomic mass is 9.91. The quantitative estimate of drug-likeness (QED) is 0.270. The van der Waals surface area contributed by atoms with Crippen molar-refractivity contribution in [2.75, 3.05) is 75.5 Å². The van der Waals surface area contributed by atoms with Gasteiger partial charge in [-0.15, -0.1) is 0 Å². The second-order valence-corrected chi connectivity index (χ2v) is 26.4. The highest BCUT2D eigenvalue weighted by molar-refractivity contribution is 6.31. The number of carbonyl (C=O) groups excluding carboxylic acids is 11. The molecule has 510 valence electrons. The van der Waals surface area contributed by atoms with Crippen molar-refractivity contribution in [3.63, 3.8) is 0 Å². The number of aryl methyl sites for hydroxylation is 1. The van der Waals surface area contributed by atoms with E-state index >= 15 is 9.18 Å². The van der Waals surface area contributed by atoms with Crippen LogP contribution in [0.4, 0.5) is 17.6 Å². The van der Waals surface area contributed by atoms with Crippen molar-refractivity contribution in [1.29, 1.82) is 0 Å². The van der Waals surface area contributed by atoms with Crippen LogP contribution in [0.1, 0.15) is 129 Å². The van der Waals surface area contributed by atoms with Crippen molar-refractivity contribution in [3.05, 3.63) is 70.0 Å². The normalized spacial score (nSPS) is 24.9. The van der Waals surface area contributed by atoms with Crippen molar-refractivity contribution in [2.45, 2.75) is 180 Å². The lowest BCUT2D eigenvalue weighted by Gasteiger charge is -2.41. The summed E-state index contributed by atoms with van der Waals surface area (Å²) in [5.41, 5.74) is -2.34. The van der Waals surface area contributed by atoms with Gasteiger partial charge in [0.2, 0.25) is 65.0 Å². The Kier molecular flexibility index (Phi) is 26.6. The van der Waals surface area contributed by atoms with Gasteiger partial charge in [0.05, 0.1) is 30.2 Å². The van der Waals surface area contributed by atoms with Crippen LogP contribution in [0.25, 0.3) is 0 Å². The Hall–Kier alpha value is -7.38. The first-order valence-corrected chi connectivity index (χ1v) is 31.9. The van der Waals surface area contributed by atoms with Crippen molar-refractivity contribution in [3.8, 4) is 0 Å². The number of rotatable bonds is 10. The standard InChI is InChI=1S/C65H94ClF4N11O11/c1-15-40(6)55-61(90)76(10)36-53(84)74(8)37-54(85)79(13)50(34-43-21-16-17-22-46(43)67)60(89)75(9)35-51(82)71-47(27-25-42-24-26-44(45(66)33-42)65(68,69)70)59(88)81-30-20-23-48(81)58(87)73-64(28-18-19-29-64)63(92)80(14)56(39(4)5)62(91)77(11)41(7)32-52(83)78(12)49(31-38(2)3)57(86)72-55/h16-17,21-22,24,26,33,38-41,47-50,55-56H,15,18-20,23,25,27-32,34-37H2,1-14H3,(H,71,82)(H,72,86)(H,73,87)/t40-,41+,47-,48-,49-,50-,55-,56-/m0/s1. The van der Waals surface area contributed by atoms with E-state index in [-0.39, 0.29) is 68.5 Å². The molecule has 2 aliphatic heterocycles. The van der Waals surface area contributed by atoms with E-state index in [9.17, 15) is 61.1 Å². The Bertz CT molecular complexity index is 3040. The summed E-state index contributed by atoms with van der Waals surface area (Å²) >= 11 is 6.09. The van der Waals surface area contributed by atoms with Crippen LogP contribution in [0, 0.1) is 23.6 Å². The number of carbonyl (C=O) groups is 11. The predicted molar refractivity (Wildman–Crippen MR) is 336 cm³/mol. The van der Waals surface area contributed by atoms with Gasteiger partial charge in [-0.05, 0) is 98.9 Å². The van der Waals surface area contributed by atoms with Gasteiger partial charge in [-0.3, -0.25) is 52.7 Å². The molecular formula is C65H94ClF4N11O11. The number of benzene rings is 2. The average molecular weight is 1320 g/mol. The summed E-state index contributed by atoms with van der Waals surface area (Å²) in [7, 11) is 9.59. The Labute approximate surface area is 542 Å². The fourth-order valence-corrected chi connectivity index (χ4v) is 12.6. The Balaban J connectivity index is 1.58. The maximum absolute atomic E-state index is 15.4. The molecule has 3 N–H and O–H groups in total. The predicted octanol–water partition coefficient (Wildman–Crippen LogP) is 4.92. The van der Waals surface area contributed by atoms with Gasteiger partial charge in [-0.25, -0.2) is 4.39 Å². The summed E-state index contributed by atoms with van der Waals surface area (Å²) < 4.78 is 56.7. The maximum atomic E-state index is 15.4. The van der Waals surface area contributed by atoms with Gasteiger partial charge in [-0.1, -0.05) is 96.7 Å². The molecule has 2 saturated heterocycles. The molecule has 0 unspecified atom stereocenters. The van der Waals surface area contributed by atoms with Gasteiger partial charge in [-0.2, -0.15) is 13.2 Å². The molecule has 0 aromatic heterocycles. The first kappa shape index (κ1) is 75.3. The number of amides is 11. The number of hydrogen-bond donors (Lipinski definition) is 3. The van der Waals surface area contributed by atoms with Crippen LogP contribution in [0.15, 0.2) is 42.5 Å². The molecule has 27 heteroatoms. The number of hydrogen-bond acceptors (Lipinski definition) is 11. The molecule has 5 rings (SSSR count).